The van der Waals surface area contributed by atoms with Crippen LogP contribution in [0.25, 0.3) is 0 Å². The minimum Gasteiger partial charge on any atom is -0.469 e. The van der Waals surface area contributed by atoms with Crippen LogP contribution >= 0.6 is 0 Å². The van der Waals surface area contributed by atoms with Crippen LogP contribution in [0.15, 0.2) is 48.7 Å². The molecule has 2 heterocycles. The highest BCUT2D eigenvalue weighted by atomic mass is 19.4. The molecule has 0 spiro atoms. The number of nitrogens with zero attached hydrogens (tertiary/aromatic N) is 3. The second-order valence-corrected chi connectivity index (χ2v) is 9.79. The molecule has 1 radical (unpaired) electrons. The van der Waals surface area contributed by atoms with Crippen LogP contribution in [0.2, 0.25) is 0 Å². The Morgan fingerprint density at radius 2 is 1.85 bits per heavy atom. The summed E-state index contributed by atoms with van der Waals surface area (Å²) < 4.78 is 61.0. The summed E-state index contributed by atoms with van der Waals surface area (Å²) in [6.45, 7) is 1.33. The molecular weight excluding hydrogens is 525 g/mol. The van der Waals surface area contributed by atoms with Crippen LogP contribution in [-0.4, -0.2) is 54.5 Å². The number of alkyl halides is 3. The van der Waals surface area contributed by atoms with Gasteiger partial charge in [0.15, 0.2) is 0 Å². The van der Waals surface area contributed by atoms with E-state index in [0.29, 0.717) is 29.8 Å². The van der Waals surface area contributed by atoms with Crippen molar-refractivity contribution in [2.45, 2.75) is 50.6 Å². The number of esters is 1. The standard InChI is InChI=1S/C29H29BF4N3O3/c1-40-28(39)16-22-5-3-2-4-20(22)7-9-26-24(29(32,33)34)17-35-27(36-26)15-19-6-8-23(25(31)14-19)21-10-12-37(13-11-21)30-18-38/h2-6,8,14,17-18,21H,7,9-13,15-16H2,1H3. The highest BCUT2D eigenvalue weighted by Gasteiger charge is 2.35. The van der Waals surface area contributed by atoms with Gasteiger partial charge in [0.05, 0.1) is 31.0 Å². The number of piperidine rings is 1. The van der Waals surface area contributed by atoms with E-state index in [1.807, 2.05) is 4.81 Å². The maximum Gasteiger partial charge on any atom is 0.419 e. The van der Waals surface area contributed by atoms with Crippen molar-refractivity contribution >= 4 is 19.6 Å². The lowest BCUT2D eigenvalue weighted by atomic mass is 9.83. The minimum absolute atomic E-state index is 0.0178. The molecule has 0 amide bonds. The lowest BCUT2D eigenvalue weighted by molar-refractivity contribution is -0.140. The molecule has 1 fully saturated rings. The van der Waals surface area contributed by atoms with Gasteiger partial charge in [0.1, 0.15) is 11.6 Å². The van der Waals surface area contributed by atoms with Crippen LogP contribution < -0.4 is 0 Å². The van der Waals surface area contributed by atoms with Gasteiger partial charge in [-0.05, 0) is 73.0 Å². The van der Waals surface area contributed by atoms with Crippen molar-refractivity contribution in [3.8, 4) is 0 Å². The maximum absolute atomic E-state index is 15.0. The van der Waals surface area contributed by atoms with Gasteiger partial charge in [-0.2, -0.15) is 13.2 Å². The summed E-state index contributed by atoms with van der Waals surface area (Å²) in [6, 6.07) is 11.9. The molecule has 0 saturated carbocycles. The van der Waals surface area contributed by atoms with E-state index in [2.05, 4.69) is 9.97 Å². The van der Waals surface area contributed by atoms with Crippen molar-refractivity contribution in [1.29, 1.82) is 0 Å². The van der Waals surface area contributed by atoms with Crippen LogP contribution in [0, 0.1) is 5.82 Å². The average molecular weight is 554 g/mol. The summed E-state index contributed by atoms with van der Waals surface area (Å²) >= 11 is 0. The topological polar surface area (TPSA) is 72.4 Å². The highest BCUT2D eigenvalue weighted by Crippen LogP contribution is 2.33. The zero-order chi connectivity index (χ0) is 28.7. The maximum atomic E-state index is 15.0. The second-order valence-electron chi connectivity index (χ2n) is 9.79. The highest BCUT2D eigenvalue weighted by molar-refractivity contribution is 6.64. The number of halogens is 4. The van der Waals surface area contributed by atoms with Crippen LogP contribution in [0.5, 0.6) is 0 Å². The number of benzene rings is 2. The van der Waals surface area contributed by atoms with Gasteiger partial charge < -0.3 is 14.3 Å². The predicted molar refractivity (Wildman–Crippen MR) is 142 cm³/mol. The van der Waals surface area contributed by atoms with Crippen molar-refractivity contribution < 1.29 is 31.9 Å². The summed E-state index contributed by atoms with van der Waals surface area (Å²) in [5.41, 5.74) is 1.49. The molecule has 0 aliphatic carbocycles. The summed E-state index contributed by atoms with van der Waals surface area (Å²) in [6.07, 6.45) is -1.35. The smallest absolute Gasteiger partial charge is 0.419 e. The number of hydrogen-bond acceptors (Lipinski definition) is 6. The summed E-state index contributed by atoms with van der Waals surface area (Å²) in [7, 11) is 2.77. The molecule has 0 bridgehead atoms. The van der Waals surface area contributed by atoms with Gasteiger partial charge >= 0.3 is 12.1 Å². The normalized spacial score (nSPS) is 14.6. The molecule has 1 saturated heterocycles. The van der Waals surface area contributed by atoms with Crippen molar-refractivity contribution in [2.24, 2.45) is 0 Å². The summed E-state index contributed by atoms with van der Waals surface area (Å²) in [5.74, 6) is -0.616. The van der Waals surface area contributed by atoms with Crippen molar-refractivity contribution in [2.75, 3.05) is 20.2 Å². The Kier molecular flexibility index (Phi) is 9.68. The molecule has 6 nitrogen and oxygen atoms in total. The Hall–Kier alpha value is -3.60. The van der Waals surface area contributed by atoms with Gasteiger partial charge in [0, 0.05) is 12.6 Å². The zero-order valence-corrected chi connectivity index (χ0v) is 22.1. The SMILES string of the molecule is COC(=O)Cc1ccccc1CCc1nc(Cc2ccc(C3CCN([B]C=O)CC3)c(F)c2)ncc1C(F)(F)F. The number of hydrogen-bond donors (Lipinski definition) is 0. The fourth-order valence-electron chi connectivity index (χ4n) is 5.07. The van der Waals surface area contributed by atoms with Crippen molar-refractivity contribution in [1.82, 2.24) is 14.8 Å². The van der Waals surface area contributed by atoms with Crippen molar-refractivity contribution in [3.63, 3.8) is 0 Å². The van der Waals surface area contributed by atoms with Gasteiger partial charge in [0.2, 0.25) is 0 Å². The average Bonchev–Trinajstić information content (AvgIpc) is 2.93. The van der Waals surface area contributed by atoms with Gasteiger partial charge in [-0.15, -0.1) is 0 Å². The number of aromatic nitrogens is 2. The molecule has 2 aromatic carbocycles. The number of carbonyl (C=O) groups is 2. The molecule has 1 aromatic heterocycles. The van der Waals surface area contributed by atoms with Crippen LogP contribution in [0.4, 0.5) is 17.6 Å². The van der Waals surface area contributed by atoms with E-state index in [4.69, 9.17) is 4.74 Å². The molecule has 11 heteroatoms. The molecule has 3 aromatic rings. The zero-order valence-electron chi connectivity index (χ0n) is 22.1. The van der Waals surface area contributed by atoms with Gasteiger partial charge in [-0.25, -0.2) is 14.4 Å². The lowest BCUT2D eigenvalue weighted by Crippen LogP contribution is -2.36. The third-order valence-electron chi connectivity index (χ3n) is 7.20. The molecular formula is C29H29BF4N3O3. The fraction of sp³-hybridized carbons (Fsp3) is 0.379. The molecule has 40 heavy (non-hydrogen) atoms. The van der Waals surface area contributed by atoms with E-state index in [-0.39, 0.29) is 48.9 Å². The van der Waals surface area contributed by atoms with Gasteiger partial charge in [0.25, 0.3) is 7.41 Å². The molecule has 0 atom stereocenters. The van der Waals surface area contributed by atoms with Crippen molar-refractivity contribution in [3.05, 3.63) is 93.8 Å². The Morgan fingerprint density at radius 1 is 1.12 bits per heavy atom. The molecule has 0 unspecified atom stereocenters. The Balaban J connectivity index is 1.50. The summed E-state index contributed by atoms with van der Waals surface area (Å²) in [4.78, 5) is 32.5. The van der Waals surface area contributed by atoms with E-state index in [1.165, 1.54) is 20.6 Å². The van der Waals surface area contributed by atoms with E-state index >= 15 is 4.39 Å². The van der Waals surface area contributed by atoms with E-state index < -0.39 is 17.7 Å². The Morgan fingerprint density at radius 3 is 2.50 bits per heavy atom. The fourth-order valence-corrected chi connectivity index (χ4v) is 5.07. The summed E-state index contributed by atoms with van der Waals surface area (Å²) in [5, 5.41) is 0. The number of ether oxygens (including phenoxy) is 1. The van der Waals surface area contributed by atoms with Crippen LogP contribution in [0.3, 0.4) is 0 Å². The van der Waals surface area contributed by atoms with Gasteiger partial charge in [-0.1, -0.05) is 36.4 Å². The molecule has 1 aliphatic heterocycles. The first-order valence-corrected chi connectivity index (χ1v) is 13.0. The van der Waals surface area contributed by atoms with E-state index in [0.717, 1.165) is 30.8 Å². The van der Waals surface area contributed by atoms with E-state index in [1.54, 1.807) is 36.4 Å². The molecule has 1 aliphatic rings. The first kappa shape index (κ1) is 29.4. The first-order valence-electron chi connectivity index (χ1n) is 13.0. The second kappa shape index (κ2) is 13.2. The third kappa shape index (κ3) is 7.53. The lowest BCUT2D eigenvalue weighted by Gasteiger charge is -2.31. The molecule has 209 valence electrons. The van der Waals surface area contributed by atoms with Gasteiger partial charge in [-0.3, -0.25) is 4.79 Å². The van der Waals surface area contributed by atoms with Crippen LogP contribution in [-0.2, 0) is 46.2 Å². The molecule has 4 rings (SSSR count). The quantitative estimate of drug-likeness (QED) is 0.157. The third-order valence-corrected chi connectivity index (χ3v) is 7.20. The minimum atomic E-state index is -4.63. The molecule has 0 N–H and O–H groups in total. The first-order chi connectivity index (χ1) is 19.2. The Bertz CT molecular complexity index is 1340. The number of methoxy groups -OCH3 is 1. The number of rotatable bonds is 10. The largest absolute Gasteiger partial charge is 0.469 e. The predicted octanol–water partition coefficient (Wildman–Crippen LogP) is 4.71. The Labute approximate surface area is 231 Å². The number of aryl methyl sites for hydroxylation is 2. The van der Waals surface area contributed by atoms with Crippen LogP contribution in [0.1, 0.15) is 58.1 Å². The number of carbonyl (C=O) groups excluding carboxylic acids is 2. The monoisotopic (exact) mass is 554 g/mol. The van der Waals surface area contributed by atoms with E-state index in [9.17, 15) is 22.8 Å².